The van der Waals surface area contributed by atoms with Crippen molar-refractivity contribution in [3.8, 4) is 0 Å². The normalized spacial score (nSPS) is 21.2. The Kier molecular flexibility index (Phi) is 4.03. The van der Waals surface area contributed by atoms with Crippen LogP contribution in [0.3, 0.4) is 0 Å². The van der Waals surface area contributed by atoms with Crippen LogP contribution < -0.4 is 5.32 Å². The zero-order valence-corrected chi connectivity index (χ0v) is 9.11. The quantitative estimate of drug-likeness (QED) is 0.815. The second kappa shape index (κ2) is 5.76. The second-order valence-corrected chi connectivity index (χ2v) is 4.07. The molecule has 0 spiro atoms. The van der Waals surface area contributed by atoms with Gasteiger partial charge in [0.2, 0.25) is 0 Å². The second-order valence-electron chi connectivity index (χ2n) is 4.07. The van der Waals surface area contributed by atoms with Crippen LogP contribution in [0.1, 0.15) is 25.7 Å². The third-order valence-corrected chi connectivity index (χ3v) is 2.84. The number of anilines is 1. The molecule has 0 aliphatic carbocycles. The first-order valence-corrected chi connectivity index (χ1v) is 5.86. The summed E-state index contributed by atoms with van der Waals surface area (Å²) in [5.74, 6) is 0. The van der Waals surface area contributed by atoms with Crippen LogP contribution in [0.4, 0.5) is 5.69 Å². The molecule has 1 aromatic carbocycles. The van der Waals surface area contributed by atoms with Gasteiger partial charge in [-0.25, -0.2) is 0 Å². The van der Waals surface area contributed by atoms with Crippen LogP contribution in [-0.4, -0.2) is 19.3 Å². The molecule has 0 radical (unpaired) electrons. The minimum atomic E-state index is 0.481. The summed E-state index contributed by atoms with van der Waals surface area (Å²) < 4.78 is 5.68. The Hall–Kier alpha value is -1.02. The van der Waals surface area contributed by atoms with Crippen molar-refractivity contribution in [2.75, 3.05) is 18.5 Å². The van der Waals surface area contributed by atoms with E-state index < -0.39 is 0 Å². The predicted molar refractivity (Wildman–Crippen MR) is 63.1 cm³/mol. The Balaban J connectivity index is 1.66. The summed E-state index contributed by atoms with van der Waals surface area (Å²) >= 11 is 0. The minimum Gasteiger partial charge on any atom is -0.385 e. The largest absolute Gasteiger partial charge is 0.385 e. The molecule has 1 saturated heterocycles. The highest BCUT2D eigenvalue weighted by Crippen LogP contribution is 2.15. The van der Waals surface area contributed by atoms with Crippen LogP contribution in [0.2, 0.25) is 0 Å². The van der Waals surface area contributed by atoms with E-state index in [0.29, 0.717) is 6.10 Å². The van der Waals surface area contributed by atoms with Gasteiger partial charge in [-0.05, 0) is 37.8 Å². The monoisotopic (exact) mass is 205 g/mol. The summed E-state index contributed by atoms with van der Waals surface area (Å²) in [6, 6.07) is 10.3. The summed E-state index contributed by atoms with van der Waals surface area (Å²) in [6.45, 7) is 1.96. The number of rotatable bonds is 4. The van der Waals surface area contributed by atoms with Gasteiger partial charge in [0, 0.05) is 18.8 Å². The average molecular weight is 205 g/mol. The van der Waals surface area contributed by atoms with E-state index in [1.54, 1.807) is 0 Å². The maximum Gasteiger partial charge on any atom is 0.0591 e. The molecule has 15 heavy (non-hydrogen) atoms. The Morgan fingerprint density at radius 1 is 1.20 bits per heavy atom. The van der Waals surface area contributed by atoms with Crippen LogP contribution in [0.15, 0.2) is 30.3 Å². The summed E-state index contributed by atoms with van der Waals surface area (Å²) in [4.78, 5) is 0. The van der Waals surface area contributed by atoms with E-state index in [1.165, 1.54) is 24.9 Å². The standard InChI is InChI=1S/C13H19NO/c1-2-6-12(7-3-1)14-10-9-13-8-4-5-11-15-13/h1-3,6-7,13-14H,4-5,8-11H2. The van der Waals surface area contributed by atoms with Crippen LogP contribution in [0.25, 0.3) is 0 Å². The van der Waals surface area contributed by atoms with Crippen molar-refractivity contribution in [1.29, 1.82) is 0 Å². The SMILES string of the molecule is c1ccc(NCCC2CCCCO2)cc1. The molecule has 1 fully saturated rings. The number of hydrogen-bond acceptors (Lipinski definition) is 2. The molecular weight excluding hydrogens is 186 g/mol. The molecule has 1 aliphatic heterocycles. The van der Waals surface area contributed by atoms with E-state index in [1.807, 2.05) is 6.07 Å². The third kappa shape index (κ3) is 3.56. The zero-order chi connectivity index (χ0) is 10.3. The van der Waals surface area contributed by atoms with Crippen molar-refractivity contribution in [3.63, 3.8) is 0 Å². The smallest absolute Gasteiger partial charge is 0.0591 e. The fourth-order valence-electron chi connectivity index (χ4n) is 1.97. The molecule has 82 valence electrons. The summed E-state index contributed by atoms with van der Waals surface area (Å²) in [6.07, 6.45) is 5.40. The molecule has 0 amide bonds. The Labute approximate surface area is 91.6 Å². The number of hydrogen-bond donors (Lipinski definition) is 1. The lowest BCUT2D eigenvalue weighted by Gasteiger charge is -2.22. The first-order chi connectivity index (χ1) is 7.45. The molecular formula is C13H19NO. The summed E-state index contributed by atoms with van der Waals surface area (Å²) in [5, 5.41) is 3.41. The minimum absolute atomic E-state index is 0.481. The number of benzene rings is 1. The molecule has 1 atom stereocenters. The van der Waals surface area contributed by atoms with Gasteiger partial charge in [0.15, 0.2) is 0 Å². The Morgan fingerprint density at radius 3 is 2.80 bits per heavy atom. The lowest BCUT2D eigenvalue weighted by atomic mass is 10.1. The van der Waals surface area contributed by atoms with Crippen molar-refractivity contribution in [1.82, 2.24) is 0 Å². The van der Waals surface area contributed by atoms with E-state index in [9.17, 15) is 0 Å². The highest BCUT2D eigenvalue weighted by atomic mass is 16.5. The van der Waals surface area contributed by atoms with Crippen molar-refractivity contribution in [2.45, 2.75) is 31.8 Å². The molecule has 0 bridgehead atoms. The average Bonchev–Trinajstić information content (AvgIpc) is 2.32. The van der Waals surface area contributed by atoms with E-state index in [4.69, 9.17) is 4.74 Å². The fraction of sp³-hybridized carbons (Fsp3) is 0.538. The van der Waals surface area contributed by atoms with Crippen LogP contribution in [0.5, 0.6) is 0 Å². The number of ether oxygens (including phenoxy) is 1. The van der Waals surface area contributed by atoms with Crippen LogP contribution in [0, 0.1) is 0 Å². The molecule has 0 aromatic heterocycles. The van der Waals surface area contributed by atoms with Crippen LogP contribution in [-0.2, 0) is 4.74 Å². The molecule has 2 rings (SSSR count). The van der Waals surface area contributed by atoms with Crippen molar-refractivity contribution < 1.29 is 4.74 Å². The Bertz CT molecular complexity index is 267. The van der Waals surface area contributed by atoms with E-state index in [2.05, 4.69) is 29.6 Å². The highest BCUT2D eigenvalue weighted by Gasteiger charge is 2.12. The van der Waals surface area contributed by atoms with Gasteiger partial charge in [-0.3, -0.25) is 0 Å². The molecule has 1 unspecified atom stereocenters. The lowest BCUT2D eigenvalue weighted by molar-refractivity contribution is 0.0134. The number of nitrogens with one attached hydrogen (secondary N) is 1. The van der Waals surface area contributed by atoms with Gasteiger partial charge in [-0.15, -0.1) is 0 Å². The van der Waals surface area contributed by atoms with Crippen molar-refractivity contribution in [3.05, 3.63) is 30.3 Å². The first kappa shape index (κ1) is 10.5. The van der Waals surface area contributed by atoms with Crippen molar-refractivity contribution >= 4 is 5.69 Å². The van der Waals surface area contributed by atoms with E-state index in [-0.39, 0.29) is 0 Å². The molecule has 2 heteroatoms. The maximum atomic E-state index is 5.68. The summed E-state index contributed by atoms with van der Waals surface area (Å²) in [7, 11) is 0. The van der Waals surface area contributed by atoms with Crippen LogP contribution >= 0.6 is 0 Å². The van der Waals surface area contributed by atoms with E-state index in [0.717, 1.165) is 19.6 Å². The van der Waals surface area contributed by atoms with Gasteiger partial charge in [-0.2, -0.15) is 0 Å². The number of para-hydroxylation sites is 1. The predicted octanol–water partition coefficient (Wildman–Crippen LogP) is 3.06. The molecule has 0 saturated carbocycles. The van der Waals surface area contributed by atoms with Gasteiger partial charge in [0.1, 0.15) is 0 Å². The first-order valence-electron chi connectivity index (χ1n) is 5.86. The molecule has 2 nitrogen and oxygen atoms in total. The van der Waals surface area contributed by atoms with Gasteiger partial charge < -0.3 is 10.1 Å². The van der Waals surface area contributed by atoms with Gasteiger partial charge >= 0.3 is 0 Å². The topological polar surface area (TPSA) is 21.3 Å². The summed E-state index contributed by atoms with van der Waals surface area (Å²) in [5.41, 5.74) is 1.20. The Morgan fingerprint density at radius 2 is 2.07 bits per heavy atom. The highest BCUT2D eigenvalue weighted by molar-refractivity contribution is 5.42. The van der Waals surface area contributed by atoms with Gasteiger partial charge in [-0.1, -0.05) is 18.2 Å². The van der Waals surface area contributed by atoms with Crippen molar-refractivity contribution in [2.24, 2.45) is 0 Å². The third-order valence-electron chi connectivity index (χ3n) is 2.84. The molecule has 1 N–H and O–H groups in total. The van der Waals surface area contributed by atoms with E-state index >= 15 is 0 Å². The lowest BCUT2D eigenvalue weighted by Crippen LogP contribution is -2.21. The van der Waals surface area contributed by atoms with Gasteiger partial charge in [0.25, 0.3) is 0 Å². The molecule has 1 heterocycles. The molecule has 1 aliphatic rings. The van der Waals surface area contributed by atoms with Gasteiger partial charge in [0.05, 0.1) is 6.10 Å². The maximum absolute atomic E-state index is 5.68. The fourth-order valence-corrected chi connectivity index (χ4v) is 1.97. The zero-order valence-electron chi connectivity index (χ0n) is 9.11. The molecule has 1 aromatic rings.